The van der Waals surface area contributed by atoms with Gasteiger partial charge >= 0.3 is 17.9 Å². The average Bonchev–Trinajstić information content (AvgIpc) is 2.54. The molecule has 0 fully saturated rings. The molecule has 0 bridgehead atoms. The lowest BCUT2D eigenvalue weighted by atomic mass is 9.95. The second kappa shape index (κ2) is 13.5. The minimum atomic E-state index is -2.64. The summed E-state index contributed by atoms with van der Waals surface area (Å²) < 4.78 is 5.37. The van der Waals surface area contributed by atoms with Crippen molar-refractivity contribution in [1.29, 1.82) is 0 Å². The molecule has 7 nitrogen and oxygen atoms in total. The fraction of sp³-hybridized carbons (Fsp3) is 0.850. The van der Waals surface area contributed by atoms with Crippen molar-refractivity contribution >= 4 is 17.9 Å². The van der Waals surface area contributed by atoms with Crippen molar-refractivity contribution in [1.82, 2.24) is 0 Å². The van der Waals surface area contributed by atoms with Crippen LogP contribution in [-0.2, 0) is 19.1 Å². The van der Waals surface area contributed by atoms with Crippen LogP contribution in [0.4, 0.5) is 0 Å². The van der Waals surface area contributed by atoms with Crippen molar-refractivity contribution in [2.45, 2.75) is 103 Å². The molecule has 3 N–H and O–H groups in total. The molecule has 0 aliphatic rings. The molecular weight excluding hydrogens is 352 g/mol. The first-order valence-corrected chi connectivity index (χ1v) is 9.97. The van der Waals surface area contributed by atoms with Gasteiger partial charge in [-0.15, -0.1) is 0 Å². The summed E-state index contributed by atoms with van der Waals surface area (Å²) in [6, 6.07) is 0. The van der Waals surface area contributed by atoms with Crippen LogP contribution in [0.1, 0.15) is 91.4 Å². The van der Waals surface area contributed by atoms with E-state index in [1.807, 2.05) is 6.92 Å². The van der Waals surface area contributed by atoms with Gasteiger partial charge in [0, 0.05) is 0 Å². The Kier molecular flexibility index (Phi) is 12.7. The normalized spacial score (nSPS) is 14.6. The molecule has 0 aromatic heterocycles. The number of esters is 1. The quantitative estimate of drug-likeness (QED) is 0.272. The Labute approximate surface area is 162 Å². The lowest BCUT2D eigenvalue weighted by Gasteiger charge is -2.23. The van der Waals surface area contributed by atoms with Gasteiger partial charge in [-0.1, -0.05) is 59.3 Å². The zero-order valence-electron chi connectivity index (χ0n) is 16.9. The summed E-state index contributed by atoms with van der Waals surface area (Å²) in [4.78, 5) is 34.0. The zero-order chi connectivity index (χ0) is 20.9. The molecular formula is C20H36O7. The maximum absolute atomic E-state index is 12.1. The van der Waals surface area contributed by atoms with Gasteiger partial charge in [-0.2, -0.15) is 0 Å². The van der Waals surface area contributed by atoms with Crippen LogP contribution in [0.25, 0.3) is 0 Å². The molecule has 2 unspecified atom stereocenters. The van der Waals surface area contributed by atoms with E-state index in [-0.39, 0.29) is 6.10 Å². The van der Waals surface area contributed by atoms with Crippen LogP contribution in [0.2, 0.25) is 0 Å². The Balaban J connectivity index is 4.53. The number of aliphatic hydroxyl groups is 1. The third-order valence-corrected chi connectivity index (χ3v) is 4.51. The molecule has 0 amide bonds. The molecule has 0 aromatic carbocycles. The highest BCUT2D eigenvalue weighted by Gasteiger charge is 2.41. The summed E-state index contributed by atoms with van der Waals surface area (Å²) in [5.41, 5.74) is -2.64. The highest BCUT2D eigenvalue weighted by Crippen LogP contribution is 2.20. The third-order valence-electron chi connectivity index (χ3n) is 4.51. The van der Waals surface area contributed by atoms with Crippen molar-refractivity contribution in [3.8, 4) is 0 Å². The van der Waals surface area contributed by atoms with Gasteiger partial charge in [0.1, 0.15) is 6.10 Å². The summed E-state index contributed by atoms with van der Waals surface area (Å²) >= 11 is 0. The van der Waals surface area contributed by atoms with Crippen LogP contribution < -0.4 is 0 Å². The monoisotopic (exact) mass is 388 g/mol. The summed E-state index contributed by atoms with van der Waals surface area (Å²) in [6.07, 6.45) is 6.42. The van der Waals surface area contributed by atoms with Crippen LogP contribution in [-0.4, -0.2) is 44.9 Å². The van der Waals surface area contributed by atoms with Gasteiger partial charge < -0.3 is 20.1 Å². The van der Waals surface area contributed by atoms with Gasteiger partial charge in [0.25, 0.3) is 0 Å². The summed E-state index contributed by atoms with van der Waals surface area (Å²) in [5.74, 6) is -3.40. The van der Waals surface area contributed by atoms with Crippen LogP contribution in [0.3, 0.4) is 0 Å². The van der Waals surface area contributed by atoms with Crippen molar-refractivity contribution < 1.29 is 34.4 Å². The number of ether oxygens (including phenoxy) is 1. The second-order valence-corrected chi connectivity index (χ2v) is 7.72. The molecule has 2 atom stereocenters. The first kappa shape index (κ1) is 25.4. The van der Waals surface area contributed by atoms with Gasteiger partial charge in [0.05, 0.1) is 12.8 Å². The number of carbonyl (C=O) groups excluding carboxylic acids is 1. The van der Waals surface area contributed by atoms with Crippen LogP contribution >= 0.6 is 0 Å². The predicted molar refractivity (Wildman–Crippen MR) is 101 cm³/mol. The van der Waals surface area contributed by atoms with Crippen LogP contribution in [0.5, 0.6) is 0 Å². The Bertz CT molecular complexity index is 461. The van der Waals surface area contributed by atoms with Gasteiger partial charge in [-0.05, 0) is 25.2 Å². The van der Waals surface area contributed by atoms with Gasteiger partial charge in [0.2, 0.25) is 0 Å². The molecule has 158 valence electrons. The molecule has 0 spiro atoms. The van der Waals surface area contributed by atoms with Gasteiger partial charge in [-0.25, -0.2) is 4.79 Å². The molecule has 7 heteroatoms. The van der Waals surface area contributed by atoms with E-state index in [0.717, 1.165) is 32.1 Å². The molecule has 0 saturated carbocycles. The molecule has 0 aliphatic carbocycles. The Morgan fingerprint density at radius 1 is 0.889 bits per heavy atom. The first-order valence-electron chi connectivity index (χ1n) is 9.97. The predicted octanol–water partition coefficient (Wildman–Crippen LogP) is 3.77. The number of unbranched alkanes of at least 4 members (excludes halogenated alkanes) is 4. The number of aliphatic carboxylic acids is 2. The number of carboxylic acids is 2. The maximum Gasteiger partial charge on any atom is 0.336 e. The Morgan fingerprint density at radius 3 is 1.93 bits per heavy atom. The Hall–Kier alpha value is -1.63. The largest absolute Gasteiger partial charge is 0.481 e. The van der Waals surface area contributed by atoms with Crippen molar-refractivity contribution in [3.05, 3.63) is 0 Å². The fourth-order valence-corrected chi connectivity index (χ4v) is 2.90. The molecule has 0 rings (SSSR count). The summed E-state index contributed by atoms with van der Waals surface area (Å²) in [7, 11) is 0. The minimum Gasteiger partial charge on any atom is -0.481 e. The number of carbonyl (C=O) groups is 3. The zero-order valence-corrected chi connectivity index (χ0v) is 16.9. The number of carboxylic acid groups (broad SMARTS) is 2. The van der Waals surface area contributed by atoms with Crippen molar-refractivity contribution in [2.75, 3.05) is 0 Å². The first-order chi connectivity index (χ1) is 12.6. The SMILES string of the molecule is CCCCC(CCCCCCC(C)C)OC(=O)CC(O)(CC(=O)O)C(=O)O. The van der Waals surface area contributed by atoms with E-state index < -0.39 is 36.4 Å². The highest BCUT2D eigenvalue weighted by molar-refractivity contribution is 5.88. The van der Waals surface area contributed by atoms with E-state index in [2.05, 4.69) is 13.8 Å². The van der Waals surface area contributed by atoms with E-state index in [1.165, 1.54) is 12.8 Å². The van der Waals surface area contributed by atoms with E-state index in [1.54, 1.807) is 0 Å². The smallest absolute Gasteiger partial charge is 0.336 e. The Morgan fingerprint density at radius 2 is 1.44 bits per heavy atom. The minimum absolute atomic E-state index is 0.328. The van der Waals surface area contributed by atoms with Crippen molar-refractivity contribution in [3.63, 3.8) is 0 Å². The van der Waals surface area contributed by atoms with E-state index in [0.29, 0.717) is 18.8 Å². The molecule has 0 aromatic rings. The van der Waals surface area contributed by atoms with E-state index >= 15 is 0 Å². The van der Waals surface area contributed by atoms with Gasteiger partial charge in [0.15, 0.2) is 5.60 Å². The number of rotatable bonds is 16. The van der Waals surface area contributed by atoms with Crippen LogP contribution in [0, 0.1) is 5.92 Å². The standard InChI is InChI=1S/C20H36O7/c1-4-5-11-16(12-9-7-6-8-10-15(2)3)27-18(23)14-20(26,19(24)25)13-17(21)22/h15-16,26H,4-14H2,1-3H3,(H,21,22)(H,24,25). The lowest BCUT2D eigenvalue weighted by Crippen LogP contribution is -2.43. The third kappa shape index (κ3) is 12.4. The van der Waals surface area contributed by atoms with E-state index in [9.17, 15) is 19.5 Å². The summed E-state index contributed by atoms with van der Waals surface area (Å²) in [6.45, 7) is 6.42. The topological polar surface area (TPSA) is 121 Å². The molecule has 0 aliphatic heterocycles. The average molecular weight is 389 g/mol. The van der Waals surface area contributed by atoms with E-state index in [4.69, 9.17) is 14.9 Å². The second-order valence-electron chi connectivity index (χ2n) is 7.72. The molecule has 27 heavy (non-hydrogen) atoms. The fourth-order valence-electron chi connectivity index (χ4n) is 2.90. The lowest BCUT2D eigenvalue weighted by molar-refractivity contribution is -0.173. The van der Waals surface area contributed by atoms with Gasteiger partial charge in [-0.3, -0.25) is 9.59 Å². The highest BCUT2D eigenvalue weighted by atomic mass is 16.5. The molecule has 0 radical (unpaired) electrons. The number of hydrogen-bond acceptors (Lipinski definition) is 5. The van der Waals surface area contributed by atoms with Crippen LogP contribution in [0.15, 0.2) is 0 Å². The maximum atomic E-state index is 12.1. The number of hydrogen-bond donors (Lipinski definition) is 3. The summed E-state index contributed by atoms with van der Waals surface area (Å²) in [5, 5.41) is 27.8. The molecule has 0 saturated heterocycles. The van der Waals surface area contributed by atoms with Crippen molar-refractivity contribution in [2.24, 2.45) is 5.92 Å². The molecule has 0 heterocycles.